The Balaban J connectivity index is 3.28. The van der Waals surface area contributed by atoms with Crippen LogP contribution in [0.5, 0.6) is 11.5 Å². The highest BCUT2D eigenvalue weighted by Crippen LogP contribution is 2.32. The van der Waals surface area contributed by atoms with E-state index in [1.165, 1.54) is 13.2 Å². The molecular weight excluding hydrogens is 189 g/mol. The number of aromatic hydroxyl groups is 1. The lowest BCUT2D eigenvalue weighted by molar-refractivity contribution is 0.0998. The molecule has 0 unspecified atom stereocenters. The van der Waals surface area contributed by atoms with Crippen LogP contribution in [0.4, 0.5) is 4.39 Å². The van der Waals surface area contributed by atoms with E-state index < -0.39 is 17.3 Å². The summed E-state index contributed by atoms with van der Waals surface area (Å²) in [6, 6.07) is 2.21. The number of phenolic OH excluding ortho intramolecular Hbond substituents is 1. The van der Waals surface area contributed by atoms with Crippen LogP contribution in [0.2, 0.25) is 0 Å². The van der Waals surface area contributed by atoms with E-state index in [-0.39, 0.29) is 17.9 Å². The Hall–Kier alpha value is -1.62. The summed E-state index contributed by atoms with van der Waals surface area (Å²) in [7, 11) is 1.20. The van der Waals surface area contributed by atoms with Crippen molar-refractivity contribution < 1.29 is 19.0 Å². The molecule has 0 spiro atoms. The van der Waals surface area contributed by atoms with E-state index in [0.29, 0.717) is 0 Å². The lowest BCUT2D eigenvalue weighted by Gasteiger charge is -2.07. The molecular formula is C9H10FNO3. The molecule has 1 aromatic carbocycles. The van der Waals surface area contributed by atoms with Crippen LogP contribution in [-0.2, 0) is 0 Å². The Morgan fingerprint density at radius 2 is 2.29 bits per heavy atom. The fourth-order valence-corrected chi connectivity index (χ4v) is 1.08. The predicted molar refractivity (Wildman–Crippen MR) is 48.0 cm³/mol. The van der Waals surface area contributed by atoms with Gasteiger partial charge in [-0.2, -0.15) is 0 Å². The van der Waals surface area contributed by atoms with Crippen molar-refractivity contribution in [3.05, 3.63) is 23.5 Å². The maximum atomic E-state index is 13.0. The summed E-state index contributed by atoms with van der Waals surface area (Å²) < 4.78 is 17.6. The number of phenols is 1. The molecule has 0 aliphatic heterocycles. The Morgan fingerprint density at radius 1 is 1.64 bits per heavy atom. The molecule has 5 heteroatoms. The van der Waals surface area contributed by atoms with Gasteiger partial charge in [-0.1, -0.05) is 0 Å². The van der Waals surface area contributed by atoms with Crippen molar-refractivity contribution in [2.24, 2.45) is 5.73 Å². The van der Waals surface area contributed by atoms with Gasteiger partial charge in [-0.05, 0) is 12.1 Å². The standard InChI is InChI=1S/C9H10FNO3/c1-14-9-6(10)3-2-5(8(9)13)7(12)4-11/h2-3,13H,4,11H2,1H3. The first-order valence-corrected chi connectivity index (χ1v) is 3.90. The first kappa shape index (κ1) is 10.5. The fourth-order valence-electron chi connectivity index (χ4n) is 1.08. The van der Waals surface area contributed by atoms with Crippen molar-refractivity contribution in [2.45, 2.75) is 0 Å². The van der Waals surface area contributed by atoms with Crippen LogP contribution in [0.15, 0.2) is 12.1 Å². The van der Waals surface area contributed by atoms with Gasteiger partial charge in [0.2, 0.25) is 0 Å². The number of hydrogen-bond acceptors (Lipinski definition) is 4. The second-order valence-electron chi connectivity index (χ2n) is 2.60. The molecule has 1 rings (SSSR count). The van der Waals surface area contributed by atoms with Crippen LogP contribution < -0.4 is 10.5 Å². The van der Waals surface area contributed by atoms with Gasteiger partial charge in [-0.3, -0.25) is 4.79 Å². The van der Waals surface area contributed by atoms with Gasteiger partial charge in [0.05, 0.1) is 19.2 Å². The summed E-state index contributed by atoms with van der Waals surface area (Å²) in [6.45, 7) is -0.248. The summed E-state index contributed by atoms with van der Waals surface area (Å²) in [5, 5.41) is 9.43. The van der Waals surface area contributed by atoms with Crippen LogP contribution in [0.25, 0.3) is 0 Å². The largest absolute Gasteiger partial charge is 0.504 e. The molecule has 0 heterocycles. The van der Waals surface area contributed by atoms with Gasteiger partial charge in [0, 0.05) is 0 Å². The molecule has 0 radical (unpaired) electrons. The highest BCUT2D eigenvalue weighted by atomic mass is 19.1. The van der Waals surface area contributed by atoms with E-state index in [9.17, 15) is 14.3 Å². The molecule has 0 aromatic heterocycles. The average Bonchev–Trinajstić information content (AvgIpc) is 2.18. The summed E-state index contributed by atoms with van der Waals surface area (Å²) in [5.41, 5.74) is 5.07. The number of nitrogens with two attached hydrogens (primary N) is 1. The van der Waals surface area contributed by atoms with Gasteiger partial charge >= 0.3 is 0 Å². The van der Waals surface area contributed by atoms with E-state index in [1.807, 2.05) is 0 Å². The number of methoxy groups -OCH3 is 1. The number of carbonyl (C=O) groups is 1. The average molecular weight is 199 g/mol. The zero-order chi connectivity index (χ0) is 10.7. The molecule has 0 bridgehead atoms. The van der Waals surface area contributed by atoms with Gasteiger partial charge in [0.25, 0.3) is 0 Å². The number of ketones is 1. The fraction of sp³-hybridized carbons (Fsp3) is 0.222. The predicted octanol–water partition coefficient (Wildman–Crippen LogP) is 0.681. The third-order valence-electron chi connectivity index (χ3n) is 1.77. The third-order valence-corrected chi connectivity index (χ3v) is 1.77. The first-order chi connectivity index (χ1) is 6.61. The maximum absolute atomic E-state index is 13.0. The number of halogens is 1. The van der Waals surface area contributed by atoms with E-state index in [2.05, 4.69) is 4.74 Å². The Labute approximate surface area is 80.1 Å². The SMILES string of the molecule is COc1c(F)ccc(C(=O)CN)c1O. The molecule has 76 valence electrons. The van der Waals surface area contributed by atoms with Crippen LogP contribution in [0.1, 0.15) is 10.4 Å². The molecule has 0 amide bonds. The molecule has 0 atom stereocenters. The molecule has 0 fully saturated rings. The maximum Gasteiger partial charge on any atom is 0.197 e. The number of Topliss-reactive ketones (excluding diaryl/α,β-unsaturated/α-hetero) is 1. The monoisotopic (exact) mass is 199 g/mol. The van der Waals surface area contributed by atoms with Gasteiger partial charge in [0.15, 0.2) is 23.1 Å². The minimum atomic E-state index is -0.724. The van der Waals surface area contributed by atoms with E-state index in [1.54, 1.807) is 0 Å². The second kappa shape index (κ2) is 4.06. The second-order valence-corrected chi connectivity index (χ2v) is 2.60. The van der Waals surface area contributed by atoms with Crippen molar-refractivity contribution in [3.63, 3.8) is 0 Å². The topological polar surface area (TPSA) is 72.5 Å². The third kappa shape index (κ3) is 1.67. The van der Waals surface area contributed by atoms with E-state index in [4.69, 9.17) is 5.73 Å². The number of benzene rings is 1. The van der Waals surface area contributed by atoms with Gasteiger partial charge in [-0.25, -0.2) is 4.39 Å². The smallest absolute Gasteiger partial charge is 0.197 e. The van der Waals surface area contributed by atoms with Crippen LogP contribution in [0.3, 0.4) is 0 Å². The summed E-state index contributed by atoms with van der Waals surface area (Å²) in [5.74, 6) is -2.05. The Morgan fingerprint density at radius 3 is 2.79 bits per heavy atom. The molecule has 0 saturated heterocycles. The van der Waals surface area contributed by atoms with Crippen molar-refractivity contribution in [3.8, 4) is 11.5 Å². The van der Waals surface area contributed by atoms with Gasteiger partial charge in [-0.15, -0.1) is 0 Å². The summed E-state index contributed by atoms with van der Waals surface area (Å²) in [6.07, 6.45) is 0. The van der Waals surface area contributed by atoms with Crippen molar-refractivity contribution in [1.29, 1.82) is 0 Å². The lowest BCUT2D eigenvalue weighted by atomic mass is 10.1. The first-order valence-electron chi connectivity index (χ1n) is 3.90. The van der Waals surface area contributed by atoms with E-state index in [0.717, 1.165) is 6.07 Å². The van der Waals surface area contributed by atoms with Crippen molar-refractivity contribution >= 4 is 5.78 Å². The molecule has 0 aliphatic carbocycles. The quantitative estimate of drug-likeness (QED) is 0.702. The minimum Gasteiger partial charge on any atom is -0.504 e. The summed E-state index contributed by atoms with van der Waals surface area (Å²) in [4.78, 5) is 11.2. The van der Waals surface area contributed by atoms with E-state index >= 15 is 0 Å². The van der Waals surface area contributed by atoms with Crippen molar-refractivity contribution in [1.82, 2.24) is 0 Å². The van der Waals surface area contributed by atoms with Crippen molar-refractivity contribution in [2.75, 3.05) is 13.7 Å². The Bertz CT molecular complexity index is 365. The van der Waals surface area contributed by atoms with Gasteiger partial charge < -0.3 is 15.6 Å². The molecule has 4 nitrogen and oxygen atoms in total. The van der Waals surface area contributed by atoms with Crippen LogP contribution in [0, 0.1) is 5.82 Å². The number of carbonyl (C=O) groups excluding carboxylic acids is 1. The normalized spacial score (nSPS) is 9.93. The highest BCUT2D eigenvalue weighted by Gasteiger charge is 2.17. The molecule has 3 N–H and O–H groups in total. The molecule has 0 aliphatic rings. The summed E-state index contributed by atoms with van der Waals surface area (Å²) >= 11 is 0. The zero-order valence-corrected chi connectivity index (χ0v) is 7.58. The van der Waals surface area contributed by atoms with Crippen LogP contribution in [-0.4, -0.2) is 24.5 Å². The lowest BCUT2D eigenvalue weighted by Crippen LogP contribution is -2.14. The molecule has 1 aromatic rings. The molecule has 14 heavy (non-hydrogen) atoms. The highest BCUT2D eigenvalue weighted by molar-refractivity contribution is 6.00. The number of rotatable bonds is 3. The van der Waals surface area contributed by atoms with Crippen LogP contribution >= 0.6 is 0 Å². The zero-order valence-electron chi connectivity index (χ0n) is 7.58. The molecule has 0 saturated carbocycles. The number of ether oxygens (including phenoxy) is 1. The van der Waals surface area contributed by atoms with Gasteiger partial charge in [0.1, 0.15) is 0 Å². The minimum absolute atomic E-state index is 0.0363. The number of hydrogen-bond donors (Lipinski definition) is 2. The Kier molecular flexibility index (Phi) is 3.03.